The largest absolute Gasteiger partial charge is 0.461 e. The van der Waals surface area contributed by atoms with Crippen LogP contribution in [0.5, 0.6) is 6.01 Å². The van der Waals surface area contributed by atoms with Gasteiger partial charge in [-0.25, -0.2) is 32.2 Å². The number of aryl methyl sites for hydroxylation is 1. The Morgan fingerprint density at radius 2 is 1.60 bits per heavy atom. The van der Waals surface area contributed by atoms with Crippen LogP contribution in [0.3, 0.4) is 0 Å². The fourth-order valence-electron chi connectivity index (χ4n) is 11.3. The van der Waals surface area contributed by atoms with Crippen molar-refractivity contribution < 1.29 is 76.1 Å². The molecule has 1 amide bonds. The molecule has 0 radical (unpaired) electrons. The van der Waals surface area contributed by atoms with Crippen LogP contribution in [0.15, 0.2) is 24.3 Å². The SMILES string of the molecule is C#Cc1c(F)ccc2cc(N)cc(-c3nc4c5c(nc(OC[C@@]67CCCN6[C@H](COC(C(F)(F)F)(C(F)(F)F)C(F)(F)F)CC7)nc5c3F)N3C[C@@]5(F)CC[C@@](F)([C@H]3CCC4)N5C(=O)OC(C)(C)C)c12. The molecule has 5 atom stereocenters. The quantitative estimate of drug-likeness (QED) is 0.0830. The fourth-order valence-corrected chi connectivity index (χ4v) is 11.3. The van der Waals surface area contributed by atoms with Crippen molar-refractivity contribution in [3.63, 3.8) is 0 Å². The first-order valence-electron chi connectivity index (χ1n) is 22.3. The average Bonchev–Trinajstić information content (AvgIpc) is 3.86. The molecule has 5 aliphatic rings. The first kappa shape index (κ1) is 49.4. The zero-order valence-corrected chi connectivity index (χ0v) is 37.5. The highest BCUT2D eigenvalue weighted by Crippen LogP contribution is 2.57. The van der Waals surface area contributed by atoms with Crippen molar-refractivity contribution in [1.29, 1.82) is 0 Å². The summed E-state index contributed by atoms with van der Waals surface area (Å²) in [5.41, 5.74) is -3.56. The minimum absolute atomic E-state index is 0.000456. The number of benzene rings is 2. The van der Waals surface area contributed by atoms with E-state index in [-0.39, 0.29) is 90.6 Å². The summed E-state index contributed by atoms with van der Waals surface area (Å²) in [6, 6.07) is 1.97. The van der Waals surface area contributed by atoms with Crippen LogP contribution in [0, 0.1) is 24.0 Å². The molecule has 2 N–H and O–H groups in total. The Hall–Kier alpha value is -5.57. The number of alkyl halides is 11. The number of piperazine rings is 1. The third-order valence-corrected chi connectivity index (χ3v) is 14.2. The molecule has 9 rings (SSSR count). The summed E-state index contributed by atoms with van der Waals surface area (Å²) in [5.74, 6) is -5.37. The van der Waals surface area contributed by atoms with Crippen LogP contribution in [-0.4, -0.2) is 116 Å². The predicted molar refractivity (Wildman–Crippen MR) is 226 cm³/mol. The van der Waals surface area contributed by atoms with Gasteiger partial charge in [0, 0.05) is 35.5 Å². The van der Waals surface area contributed by atoms with Crippen LogP contribution < -0.4 is 15.4 Å². The van der Waals surface area contributed by atoms with Crippen molar-refractivity contribution >= 4 is 39.3 Å². The second kappa shape index (κ2) is 16.2. The summed E-state index contributed by atoms with van der Waals surface area (Å²) < 4.78 is 208. The lowest BCUT2D eigenvalue weighted by molar-refractivity contribution is -0.458. The van der Waals surface area contributed by atoms with E-state index in [1.807, 2.05) is 0 Å². The standard InChI is InChI=1S/C46H44F13N7O4/c1-5-26-28(47)11-10-23-18-24(60)19-27(31(23)26)34-33(48)35-32-29(61-34)8-6-9-30-42(50)16-15-41(49,66(42)38(67)70-39(2,3)4)21-64(30)36(32)63-37(62-35)68-22-40-13-7-17-65(40)25(12-14-40)20-69-43(44(51,52)53,45(54,55)56)46(57,58)59/h1,10-11,18-19,25,30H,6-9,12-17,20-22,60H2,2-4H3/t25-,30+,40-,41+,42-/m0/s1. The highest BCUT2D eigenvalue weighted by molar-refractivity contribution is 6.04. The van der Waals surface area contributed by atoms with Crippen LogP contribution in [0.1, 0.15) is 83.4 Å². The van der Waals surface area contributed by atoms with E-state index in [1.165, 1.54) is 48.8 Å². The molecule has 11 nitrogen and oxygen atoms in total. The maximum Gasteiger partial charge on any atom is 0.435 e. The number of pyridine rings is 1. The number of amides is 1. The second-order valence-corrected chi connectivity index (χ2v) is 19.6. The van der Waals surface area contributed by atoms with E-state index in [4.69, 9.17) is 26.6 Å². The first-order valence-corrected chi connectivity index (χ1v) is 22.3. The zero-order chi connectivity index (χ0) is 50.9. The highest BCUT2D eigenvalue weighted by atomic mass is 19.4. The van der Waals surface area contributed by atoms with Crippen molar-refractivity contribution in [3.05, 3.63) is 47.2 Å². The Morgan fingerprint density at radius 3 is 2.26 bits per heavy atom. The Bertz CT molecular complexity index is 2790. The third kappa shape index (κ3) is 7.57. The van der Waals surface area contributed by atoms with Crippen LogP contribution in [0.2, 0.25) is 0 Å². The van der Waals surface area contributed by atoms with E-state index in [0.29, 0.717) is 10.3 Å². The van der Waals surface area contributed by atoms with E-state index in [9.17, 15) is 44.3 Å². The van der Waals surface area contributed by atoms with Gasteiger partial charge in [-0.2, -0.15) is 49.5 Å². The molecule has 70 heavy (non-hydrogen) atoms. The third-order valence-electron chi connectivity index (χ3n) is 14.2. The van der Waals surface area contributed by atoms with Crippen molar-refractivity contribution in [2.45, 2.75) is 137 Å². The van der Waals surface area contributed by atoms with Crippen molar-refractivity contribution in [2.24, 2.45) is 0 Å². The molecule has 0 saturated carbocycles. The molecule has 378 valence electrons. The maximum absolute atomic E-state index is 17.8. The summed E-state index contributed by atoms with van der Waals surface area (Å²) >= 11 is 0. The topological polar surface area (TPSA) is 119 Å². The van der Waals surface area contributed by atoms with Gasteiger partial charge in [0.2, 0.25) is 11.6 Å². The first-order chi connectivity index (χ1) is 32.5. The molecule has 2 bridgehead atoms. The molecule has 7 heterocycles. The van der Waals surface area contributed by atoms with Gasteiger partial charge in [-0.3, -0.25) is 4.90 Å². The van der Waals surface area contributed by atoms with Crippen LogP contribution >= 0.6 is 0 Å². The number of ether oxygens (including phenoxy) is 3. The summed E-state index contributed by atoms with van der Waals surface area (Å²) in [6.45, 7) is 1.75. The van der Waals surface area contributed by atoms with E-state index in [0.717, 1.165) is 6.07 Å². The molecule has 5 aliphatic heterocycles. The second-order valence-electron chi connectivity index (χ2n) is 19.6. The number of anilines is 2. The summed E-state index contributed by atoms with van der Waals surface area (Å²) in [7, 11) is 0. The normalized spacial score (nSPS) is 26.3. The van der Waals surface area contributed by atoms with Gasteiger partial charge >= 0.3 is 36.2 Å². The molecule has 4 saturated heterocycles. The van der Waals surface area contributed by atoms with Gasteiger partial charge in [0.15, 0.2) is 5.82 Å². The molecular formula is C46H44F13N7O4. The van der Waals surface area contributed by atoms with Crippen molar-refractivity contribution in [3.8, 4) is 29.6 Å². The maximum atomic E-state index is 17.8. The van der Waals surface area contributed by atoms with E-state index in [1.54, 1.807) is 0 Å². The lowest BCUT2D eigenvalue weighted by atomic mass is 9.90. The zero-order valence-electron chi connectivity index (χ0n) is 37.5. The minimum atomic E-state index is -6.94. The molecular weight excluding hydrogens is 962 g/mol. The van der Waals surface area contributed by atoms with Crippen molar-refractivity contribution in [1.82, 2.24) is 24.8 Å². The predicted octanol–water partition coefficient (Wildman–Crippen LogP) is 10.4. The number of carbonyl (C=O) groups excluding carboxylic acids is 1. The Labute approximate surface area is 390 Å². The summed E-state index contributed by atoms with van der Waals surface area (Å²) in [4.78, 5) is 30.5. The lowest BCUT2D eigenvalue weighted by Gasteiger charge is -2.52. The molecule has 2 aromatic heterocycles. The van der Waals surface area contributed by atoms with E-state index in [2.05, 4.69) is 20.6 Å². The number of nitrogen functional groups attached to an aromatic ring is 1. The highest BCUT2D eigenvalue weighted by Gasteiger charge is 2.85. The number of fused-ring (bicyclic) bond motifs is 7. The number of hydrogen-bond acceptors (Lipinski definition) is 10. The van der Waals surface area contributed by atoms with Gasteiger partial charge in [-0.1, -0.05) is 12.0 Å². The molecule has 2 aromatic carbocycles. The van der Waals surface area contributed by atoms with Crippen LogP contribution in [0.25, 0.3) is 32.9 Å². The number of halogens is 13. The van der Waals surface area contributed by atoms with Gasteiger partial charge in [-0.15, -0.1) is 6.42 Å². The van der Waals surface area contributed by atoms with Gasteiger partial charge in [-0.05, 0) is 95.8 Å². The molecule has 0 unspecified atom stereocenters. The number of nitrogens with zero attached hydrogens (tertiary/aromatic N) is 6. The van der Waals surface area contributed by atoms with Crippen LogP contribution in [0.4, 0.5) is 73.4 Å². The van der Waals surface area contributed by atoms with Crippen LogP contribution in [-0.2, 0) is 15.9 Å². The smallest absolute Gasteiger partial charge is 0.435 e. The molecule has 4 aromatic rings. The lowest BCUT2D eigenvalue weighted by Crippen LogP contribution is -2.71. The Morgan fingerprint density at radius 1 is 0.900 bits per heavy atom. The number of nitrogens with two attached hydrogens (primary N) is 1. The van der Waals surface area contributed by atoms with Gasteiger partial charge in [0.25, 0.3) is 0 Å². The van der Waals surface area contributed by atoms with Crippen molar-refractivity contribution in [2.75, 3.05) is 36.9 Å². The molecule has 4 fully saturated rings. The number of hydrogen-bond donors (Lipinski definition) is 1. The molecule has 0 aliphatic carbocycles. The monoisotopic (exact) mass is 1010 g/mol. The number of aromatic nitrogens is 3. The number of terminal acetylenes is 1. The fraction of sp³-hybridized carbons (Fsp3) is 0.565. The van der Waals surface area contributed by atoms with E-state index >= 15 is 17.6 Å². The van der Waals surface area contributed by atoms with Gasteiger partial charge in [0.05, 0.1) is 41.4 Å². The van der Waals surface area contributed by atoms with Gasteiger partial charge < -0.3 is 24.8 Å². The molecule has 24 heteroatoms. The van der Waals surface area contributed by atoms with Gasteiger partial charge in [0.1, 0.15) is 35.1 Å². The van der Waals surface area contributed by atoms with E-state index < -0.39 is 126 Å². The Balaban J connectivity index is 1.15. The average molecular weight is 1010 g/mol. The summed E-state index contributed by atoms with van der Waals surface area (Å²) in [5, 5.41) is 0.288. The Kier molecular flexibility index (Phi) is 11.5. The number of carbonyl (C=O) groups is 1. The summed E-state index contributed by atoms with van der Waals surface area (Å²) in [6.07, 6.45) is -16.9. The molecule has 0 spiro atoms. The minimum Gasteiger partial charge on any atom is -0.461 e. The number of rotatable bonds is 7.